The van der Waals surface area contributed by atoms with Crippen molar-refractivity contribution in [1.82, 2.24) is 19.9 Å². The molecule has 1 fully saturated rings. The standard InChI is InChI=1S/C26H25FN6O4S/c27-18-6-1-16(2-7-18)3-10-20-29-22-23(30-26(28)31-24(22)38-20)33-13-11-32(12-14-33)21(34)15-37-19-8-4-17(5-9-19)25(35)36/h1-2,4-9H,3,10-15H2,(H,35,36)(H2,28,30,31). The van der Waals surface area contributed by atoms with E-state index < -0.39 is 5.97 Å². The molecule has 0 atom stereocenters. The molecule has 12 heteroatoms. The molecule has 1 amide bonds. The van der Waals surface area contributed by atoms with Crippen LogP contribution in [-0.2, 0) is 17.6 Å². The molecule has 1 aliphatic heterocycles. The Morgan fingerprint density at radius 2 is 1.68 bits per heavy atom. The van der Waals surface area contributed by atoms with Crippen molar-refractivity contribution in [3.8, 4) is 5.75 Å². The maximum absolute atomic E-state index is 13.2. The van der Waals surface area contributed by atoms with Gasteiger partial charge >= 0.3 is 5.97 Å². The molecule has 10 nitrogen and oxygen atoms in total. The van der Waals surface area contributed by atoms with Crippen molar-refractivity contribution in [3.63, 3.8) is 0 Å². The van der Waals surface area contributed by atoms with Crippen molar-refractivity contribution in [2.24, 2.45) is 0 Å². The number of aryl methyl sites for hydroxylation is 2. The Kier molecular flexibility index (Phi) is 7.31. The number of ether oxygens (including phenoxy) is 1. The van der Waals surface area contributed by atoms with E-state index in [1.807, 2.05) is 0 Å². The minimum absolute atomic E-state index is 0.138. The number of hydrogen-bond donors (Lipinski definition) is 2. The smallest absolute Gasteiger partial charge is 0.335 e. The molecule has 0 radical (unpaired) electrons. The quantitative estimate of drug-likeness (QED) is 0.348. The van der Waals surface area contributed by atoms with Gasteiger partial charge in [-0.2, -0.15) is 4.98 Å². The van der Waals surface area contributed by atoms with E-state index in [1.54, 1.807) is 17.0 Å². The number of aromatic nitrogens is 3. The first-order chi connectivity index (χ1) is 18.4. The highest BCUT2D eigenvalue weighted by atomic mass is 32.1. The Morgan fingerprint density at radius 1 is 0.974 bits per heavy atom. The number of rotatable bonds is 8. The molecule has 1 saturated heterocycles. The van der Waals surface area contributed by atoms with Crippen LogP contribution in [0.3, 0.4) is 0 Å². The van der Waals surface area contributed by atoms with Crippen LogP contribution in [0.25, 0.3) is 10.3 Å². The number of carboxylic acid groups (broad SMARTS) is 1. The minimum atomic E-state index is -1.02. The number of fused-ring (bicyclic) bond motifs is 1. The lowest BCUT2D eigenvalue weighted by molar-refractivity contribution is -0.133. The number of thiazole rings is 1. The van der Waals surface area contributed by atoms with Crippen LogP contribution in [0, 0.1) is 5.82 Å². The summed E-state index contributed by atoms with van der Waals surface area (Å²) in [5, 5.41) is 9.88. The molecule has 0 unspecified atom stereocenters. The van der Waals surface area contributed by atoms with Crippen LogP contribution < -0.4 is 15.4 Å². The van der Waals surface area contributed by atoms with Gasteiger partial charge in [0.1, 0.15) is 17.1 Å². The van der Waals surface area contributed by atoms with E-state index in [-0.39, 0.29) is 29.8 Å². The highest BCUT2D eigenvalue weighted by molar-refractivity contribution is 7.18. The van der Waals surface area contributed by atoms with Gasteiger partial charge in [0.2, 0.25) is 5.95 Å². The molecule has 0 aliphatic carbocycles. The Balaban J connectivity index is 1.19. The van der Waals surface area contributed by atoms with E-state index in [1.165, 1.54) is 47.7 Å². The third kappa shape index (κ3) is 5.80. The molecular formula is C26H25FN6O4S. The molecular weight excluding hydrogens is 511 g/mol. The zero-order valence-corrected chi connectivity index (χ0v) is 21.2. The van der Waals surface area contributed by atoms with Crippen LogP contribution >= 0.6 is 11.3 Å². The number of nitrogens with two attached hydrogens (primary N) is 1. The average molecular weight is 537 g/mol. The van der Waals surface area contributed by atoms with Gasteiger partial charge in [-0.1, -0.05) is 23.5 Å². The number of piperazine rings is 1. The van der Waals surface area contributed by atoms with Crippen LogP contribution in [0.5, 0.6) is 5.75 Å². The number of halogens is 1. The number of nitrogens with zero attached hydrogens (tertiary/aromatic N) is 5. The normalized spacial score (nSPS) is 13.6. The van der Waals surface area contributed by atoms with Crippen molar-refractivity contribution in [1.29, 1.82) is 0 Å². The zero-order valence-electron chi connectivity index (χ0n) is 20.3. The third-order valence-corrected chi connectivity index (χ3v) is 7.25. The van der Waals surface area contributed by atoms with E-state index in [2.05, 4.69) is 14.9 Å². The first-order valence-corrected chi connectivity index (χ1v) is 12.8. The number of benzene rings is 2. The van der Waals surface area contributed by atoms with Crippen molar-refractivity contribution in [3.05, 3.63) is 70.5 Å². The second kappa shape index (κ2) is 11.0. The molecule has 1 aliphatic rings. The molecule has 3 heterocycles. The van der Waals surface area contributed by atoms with Gasteiger partial charge in [0, 0.05) is 32.6 Å². The minimum Gasteiger partial charge on any atom is -0.484 e. The van der Waals surface area contributed by atoms with Crippen molar-refractivity contribution in [2.45, 2.75) is 12.8 Å². The molecule has 4 aromatic rings. The number of carboxylic acids is 1. The molecule has 0 bridgehead atoms. The summed E-state index contributed by atoms with van der Waals surface area (Å²) in [5.41, 5.74) is 7.86. The van der Waals surface area contributed by atoms with E-state index in [4.69, 9.17) is 20.6 Å². The third-order valence-electron chi connectivity index (χ3n) is 6.24. The predicted molar refractivity (Wildman–Crippen MR) is 141 cm³/mol. The van der Waals surface area contributed by atoms with E-state index >= 15 is 0 Å². The van der Waals surface area contributed by atoms with Crippen LogP contribution in [0.4, 0.5) is 16.2 Å². The van der Waals surface area contributed by atoms with Crippen molar-refractivity contribution >= 4 is 45.3 Å². The molecule has 0 spiro atoms. The zero-order chi connectivity index (χ0) is 26.6. The number of nitrogen functional groups attached to an aromatic ring is 1. The van der Waals surface area contributed by atoms with Crippen molar-refractivity contribution in [2.75, 3.05) is 43.4 Å². The lowest BCUT2D eigenvalue weighted by Gasteiger charge is -2.35. The summed E-state index contributed by atoms with van der Waals surface area (Å²) in [6.07, 6.45) is 1.41. The molecule has 5 rings (SSSR count). The number of hydrogen-bond acceptors (Lipinski definition) is 9. The van der Waals surface area contributed by atoms with Crippen molar-refractivity contribution < 1.29 is 23.8 Å². The SMILES string of the molecule is Nc1nc(N2CCN(C(=O)COc3ccc(C(=O)O)cc3)CC2)c2nc(CCc3ccc(F)cc3)sc2n1. The first-order valence-electron chi connectivity index (χ1n) is 12.0. The Morgan fingerprint density at radius 3 is 2.37 bits per heavy atom. The number of carbonyl (C=O) groups excluding carboxylic acids is 1. The second-order valence-corrected chi connectivity index (χ2v) is 9.84. The summed E-state index contributed by atoms with van der Waals surface area (Å²) in [5.74, 6) is -0.186. The van der Waals surface area contributed by atoms with Gasteiger partial charge in [-0.05, 0) is 48.4 Å². The molecule has 3 N–H and O–H groups in total. The number of anilines is 2. The predicted octanol–water partition coefficient (Wildman–Crippen LogP) is 3.02. The number of amides is 1. The largest absolute Gasteiger partial charge is 0.484 e. The van der Waals surface area contributed by atoms with Gasteiger partial charge < -0.3 is 25.4 Å². The lowest BCUT2D eigenvalue weighted by atomic mass is 10.1. The number of carbonyl (C=O) groups is 2. The number of aromatic carboxylic acids is 1. The monoisotopic (exact) mass is 536 g/mol. The molecule has 38 heavy (non-hydrogen) atoms. The topological polar surface area (TPSA) is 135 Å². The summed E-state index contributed by atoms with van der Waals surface area (Å²) < 4.78 is 18.7. The summed E-state index contributed by atoms with van der Waals surface area (Å²) in [6.45, 7) is 1.92. The van der Waals surface area contributed by atoms with Crippen LogP contribution in [0.15, 0.2) is 48.5 Å². The van der Waals surface area contributed by atoms with Gasteiger partial charge in [-0.3, -0.25) is 4.79 Å². The lowest BCUT2D eigenvalue weighted by Crippen LogP contribution is -2.50. The summed E-state index contributed by atoms with van der Waals surface area (Å²) in [4.78, 5) is 41.7. The fourth-order valence-electron chi connectivity index (χ4n) is 4.19. The van der Waals surface area contributed by atoms with Crippen LogP contribution in [0.1, 0.15) is 20.9 Å². The van der Waals surface area contributed by atoms with E-state index in [0.29, 0.717) is 54.5 Å². The first kappa shape index (κ1) is 25.3. The molecule has 0 saturated carbocycles. The molecule has 2 aromatic heterocycles. The summed E-state index contributed by atoms with van der Waals surface area (Å²) in [6, 6.07) is 12.4. The Hall–Kier alpha value is -4.32. The fraction of sp³-hybridized carbons (Fsp3) is 0.269. The van der Waals surface area contributed by atoms with Gasteiger partial charge in [0.05, 0.1) is 10.6 Å². The Labute approximate surface area is 221 Å². The fourth-order valence-corrected chi connectivity index (χ4v) is 5.13. The van der Waals surface area contributed by atoms with Crippen LogP contribution in [0.2, 0.25) is 0 Å². The highest BCUT2D eigenvalue weighted by Gasteiger charge is 2.25. The molecule has 2 aromatic carbocycles. The van der Waals surface area contributed by atoms with Gasteiger partial charge in [-0.15, -0.1) is 0 Å². The van der Waals surface area contributed by atoms with Gasteiger partial charge in [0.25, 0.3) is 5.91 Å². The second-order valence-electron chi connectivity index (χ2n) is 8.78. The van der Waals surface area contributed by atoms with E-state index in [9.17, 15) is 14.0 Å². The Bertz CT molecular complexity index is 1450. The van der Waals surface area contributed by atoms with Gasteiger partial charge in [0.15, 0.2) is 17.3 Å². The van der Waals surface area contributed by atoms with Gasteiger partial charge in [-0.25, -0.2) is 19.2 Å². The molecule has 196 valence electrons. The summed E-state index contributed by atoms with van der Waals surface area (Å²) >= 11 is 1.47. The van der Waals surface area contributed by atoms with E-state index in [0.717, 1.165) is 17.0 Å². The maximum Gasteiger partial charge on any atom is 0.335 e. The maximum atomic E-state index is 13.2. The average Bonchev–Trinajstić information content (AvgIpc) is 3.34. The highest BCUT2D eigenvalue weighted by Crippen LogP contribution is 2.30. The van der Waals surface area contributed by atoms with Crippen LogP contribution in [-0.4, -0.2) is 69.6 Å². The summed E-state index contributed by atoms with van der Waals surface area (Å²) in [7, 11) is 0.